The average Bonchev–Trinajstić information content (AvgIpc) is 3.25. The zero-order valence-corrected chi connectivity index (χ0v) is 13.0. The molecule has 4 rings (SSSR count). The molecule has 1 aliphatic heterocycles. The van der Waals surface area contributed by atoms with Gasteiger partial charge in [0.05, 0.1) is 23.6 Å². The van der Waals surface area contributed by atoms with Crippen LogP contribution in [0.3, 0.4) is 0 Å². The van der Waals surface area contributed by atoms with Gasteiger partial charge in [-0.2, -0.15) is 5.10 Å². The lowest BCUT2D eigenvalue weighted by atomic mass is 10.0. The van der Waals surface area contributed by atoms with Gasteiger partial charge in [0.15, 0.2) is 5.75 Å². The normalized spacial score (nSPS) is 25.4. The van der Waals surface area contributed by atoms with Crippen molar-refractivity contribution in [2.45, 2.75) is 24.9 Å². The van der Waals surface area contributed by atoms with Crippen molar-refractivity contribution in [2.75, 3.05) is 13.7 Å². The third-order valence-corrected chi connectivity index (χ3v) is 5.11. The molecule has 1 aromatic heterocycles. The topological polar surface area (TPSA) is 111 Å². The van der Waals surface area contributed by atoms with Crippen LogP contribution in [0.2, 0.25) is 0 Å². The van der Waals surface area contributed by atoms with E-state index in [0.29, 0.717) is 17.4 Å². The largest absolute Gasteiger partial charge is 0.490 e. The summed E-state index contributed by atoms with van der Waals surface area (Å²) in [6, 6.07) is 3.20. The molecule has 2 aromatic rings. The highest BCUT2D eigenvalue weighted by Crippen LogP contribution is 2.45. The van der Waals surface area contributed by atoms with Gasteiger partial charge in [-0.25, -0.2) is 4.79 Å². The smallest absolute Gasteiger partial charge is 0.407 e. The second kappa shape index (κ2) is 5.08. The quantitative estimate of drug-likeness (QED) is 0.682. The summed E-state index contributed by atoms with van der Waals surface area (Å²) in [5.41, 5.74) is 0.546. The minimum absolute atomic E-state index is 0.0358. The first-order chi connectivity index (χ1) is 11.5. The van der Waals surface area contributed by atoms with E-state index in [4.69, 9.17) is 4.74 Å². The summed E-state index contributed by atoms with van der Waals surface area (Å²) in [6.45, 7) is 0.518. The molecule has 0 unspecified atom stereocenters. The number of carboxylic acid groups (broad SMARTS) is 1. The Kier molecular flexibility index (Phi) is 3.12. The van der Waals surface area contributed by atoms with Gasteiger partial charge < -0.3 is 14.7 Å². The lowest BCUT2D eigenvalue weighted by Gasteiger charge is -2.29. The van der Waals surface area contributed by atoms with Gasteiger partial charge >= 0.3 is 11.8 Å². The van der Waals surface area contributed by atoms with Crippen molar-refractivity contribution in [3.63, 3.8) is 0 Å². The van der Waals surface area contributed by atoms with Gasteiger partial charge in [0.25, 0.3) is 0 Å². The van der Waals surface area contributed by atoms with Crippen molar-refractivity contribution in [1.29, 1.82) is 0 Å². The Morgan fingerprint density at radius 3 is 2.83 bits per heavy atom. The molecule has 24 heavy (non-hydrogen) atoms. The van der Waals surface area contributed by atoms with Gasteiger partial charge in [-0.1, -0.05) is 0 Å². The SMILES string of the molecule is COc1cc2nn([C@@H]3C[C@@H]4C[C@H]3CN4C(=O)O)cc2cc1[N+](=O)[O-]. The molecule has 1 N–H and O–H groups in total. The van der Waals surface area contributed by atoms with Crippen molar-refractivity contribution in [2.24, 2.45) is 5.92 Å². The molecular formula is C15H16N4O5. The summed E-state index contributed by atoms with van der Waals surface area (Å²) in [5, 5.41) is 25.5. The van der Waals surface area contributed by atoms with Gasteiger partial charge in [0, 0.05) is 42.2 Å². The van der Waals surface area contributed by atoms with Crippen LogP contribution in [0.15, 0.2) is 18.3 Å². The van der Waals surface area contributed by atoms with Gasteiger partial charge in [-0.05, 0) is 12.8 Å². The number of rotatable bonds is 3. The maximum absolute atomic E-state index is 11.2. The molecular weight excluding hydrogens is 316 g/mol. The van der Waals surface area contributed by atoms with Crippen LogP contribution >= 0.6 is 0 Å². The molecule has 2 bridgehead atoms. The second-order valence-corrected chi connectivity index (χ2v) is 6.34. The molecule has 1 aliphatic carbocycles. The summed E-state index contributed by atoms with van der Waals surface area (Å²) in [7, 11) is 1.39. The van der Waals surface area contributed by atoms with Crippen LogP contribution in [0.1, 0.15) is 18.9 Å². The molecule has 0 spiro atoms. The van der Waals surface area contributed by atoms with E-state index in [1.807, 2.05) is 4.68 Å². The van der Waals surface area contributed by atoms with Crippen molar-refractivity contribution >= 4 is 22.7 Å². The first-order valence-electron chi connectivity index (χ1n) is 7.68. The molecule has 1 aromatic carbocycles. The van der Waals surface area contributed by atoms with E-state index >= 15 is 0 Å². The summed E-state index contributed by atoms with van der Waals surface area (Å²) in [5.74, 6) is 0.417. The van der Waals surface area contributed by atoms with Crippen molar-refractivity contribution in [3.8, 4) is 5.75 Å². The van der Waals surface area contributed by atoms with Crippen LogP contribution < -0.4 is 4.74 Å². The number of benzene rings is 1. The lowest BCUT2D eigenvalue weighted by Crippen LogP contribution is -2.39. The minimum Gasteiger partial charge on any atom is -0.490 e. The minimum atomic E-state index is -0.869. The molecule has 9 nitrogen and oxygen atoms in total. The fourth-order valence-electron chi connectivity index (χ4n) is 4.02. The molecule has 1 amide bonds. The Morgan fingerprint density at radius 2 is 2.25 bits per heavy atom. The van der Waals surface area contributed by atoms with E-state index in [0.717, 1.165) is 12.8 Å². The number of nitrogens with zero attached hydrogens (tertiary/aromatic N) is 4. The summed E-state index contributed by atoms with van der Waals surface area (Å²) in [4.78, 5) is 23.3. The molecule has 1 saturated heterocycles. The Balaban J connectivity index is 1.67. The Morgan fingerprint density at radius 1 is 1.46 bits per heavy atom. The Hall–Kier alpha value is -2.84. The number of ether oxygens (including phenoxy) is 1. The molecule has 2 fully saturated rings. The predicted molar refractivity (Wildman–Crippen MR) is 83.2 cm³/mol. The number of hydrogen-bond acceptors (Lipinski definition) is 5. The molecule has 9 heteroatoms. The number of piperidine rings is 1. The fraction of sp³-hybridized carbons (Fsp3) is 0.467. The summed E-state index contributed by atoms with van der Waals surface area (Å²) in [6.07, 6.45) is 2.51. The lowest BCUT2D eigenvalue weighted by molar-refractivity contribution is -0.385. The highest BCUT2D eigenvalue weighted by molar-refractivity contribution is 5.83. The number of aromatic nitrogens is 2. The number of methoxy groups -OCH3 is 1. The fourth-order valence-corrected chi connectivity index (χ4v) is 4.02. The van der Waals surface area contributed by atoms with Crippen LogP contribution in [0.5, 0.6) is 5.75 Å². The monoisotopic (exact) mass is 332 g/mol. The molecule has 2 aliphatic rings. The number of nitro benzene ring substituents is 1. The van der Waals surface area contributed by atoms with Gasteiger partial charge in [-0.3, -0.25) is 14.8 Å². The molecule has 0 radical (unpaired) electrons. The van der Waals surface area contributed by atoms with Crippen LogP contribution in [-0.4, -0.2) is 50.5 Å². The van der Waals surface area contributed by atoms with Crippen molar-refractivity contribution in [1.82, 2.24) is 14.7 Å². The van der Waals surface area contributed by atoms with Crippen LogP contribution in [-0.2, 0) is 0 Å². The maximum atomic E-state index is 11.2. The van der Waals surface area contributed by atoms with E-state index in [-0.39, 0.29) is 29.4 Å². The number of likely N-dealkylation sites (tertiary alicyclic amines) is 1. The van der Waals surface area contributed by atoms with E-state index < -0.39 is 11.0 Å². The summed E-state index contributed by atoms with van der Waals surface area (Å²) < 4.78 is 6.91. The van der Waals surface area contributed by atoms with Crippen LogP contribution in [0.25, 0.3) is 10.9 Å². The van der Waals surface area contributed by atoms with E-state index in [2.05, 4.69) is 5.10 Å². The third-order valence-electron chi connectivity index (χ3n) is 5.11. The molecule has 126 valence electrons. The molecule has 3 atom stereocenters. The number of carbonyl (C=O) groups is 1. The highest BCUT2D eigenvalue weighted by Gasteiger charge is 2.47. The second-order valence-electron chi connectivity index (χ2n) is 6.34. The number of nitro groups is 1. The predicted octanol–water partition coefficient (Wildman–Crippen LogP) is 2.27. The van der Waals surface area contributed by atoms with Crippen molar-refractivity contribution in [3.05, 3.63) is 28.4 Å². The maximum Gasteiger partial charge on any atom is 0.407 e. The molecule has 2 heterocycles. The molecule has 1 saturated carbocycles. The zero-order chi connectivity index (χ0) is 17.0. The first-order valence-corrected chi connectivity index (χ1v) is 7.68. The Labute approximate surface area is 136 Å². The third kappa shape index (κ3) is 2.08. The van der Waals surface area contributed by atoms with Gasteiger partial charge in [0.1, 0.15) is 0 Å². The Bertz CT molecular complexity index is 848. The van der Waals surface area contributed by atoms with E-state index in [1.165, 1.54) is 18.1 Å². The first kappa shape index (κ1) is 14.7. The summed E-state index contributed by atoms with van der Waals surface area (Å²) >= 11 is 0. The standard InChI is InChI=1S/C15H16N4O5/c1-24-14-5-11-8(3-13(14)19(22)23)7-18(16-11)12-4-10-2-9(12)6-17(10)15(20)21/h3,5,7,9-10,12H,2,4,6H2,1H3,(H,20,21)/t9-,10-,12+/m0/s1. The van der Waals surface area contributed by atoms with E-state index in [1.54, 1.807) is 12.3 Å². The average molecular weight is 332 g/mol. The van der Waals surface area contributed by atoms with Gasteiger partial charge in [0.2, 0.25) is 0 Å². The van der Waals surface area contributed by atoms with Crippen molar-refractivity contribution < 1.29 is 19.6 Å². The number of amides is 1. The van der Waals surface area contributed by atoms with Gasteiger partial charge in [-0.15, -0.1) is 0 Å². The zero-order valence-electron chi connectivity index (χ0n) is 13.0. The van der Waals surface area contributed by atoms with Crippen LogP contribution in [0.4, 0.5) is 10.5 Å². The highest BCUT2D eigenvalue weighted by atomic mass is 16.6. The van der Waals surface area contributed by atoms with E-state index in [9.17, 15) is 20.0 Å². The number of fused-ring (bicyclic) bond motifs is 3. The van der Waals surface area contributed by atoms with Crippen LogP contribution in [0, 0.1) is 16.0 Å². The number of hydrogen-bond donors (Lipinski definition) is 1.